The van der Waals surface area contributed by atoms with Gasteiger partial charge < -0.3 is 20.5 Å². The second-order valence-corrected chi connectivity index (χ2v) is 6.00. The Kier molecular flexibility index (Phi) is 10.8. The molecule has 142 valence electrons. The fourth-order valence-corrected chi connectivity index (χ4v) is 2.97. The normalized spacial score (nSPS) is 18.0. The molecule has 0 amide bonds. The van der Waals surface area contributed by atoms with Gasteiger partial charge in [0.25, 0.3) is 0 Å². The van der Waals surface area contributed by atoms with E-state index < -0.39 is 0 Å². The lowest BCUT2D eigenvalue weighted by atomic mass is 10.2. The Hall–Kier alpha value is -1.06. The van der Waals surface area contributed by atoms with Gasteiger partial charge in [0, 0.05) is 19.7 Å². The number of likely N-dealkylation sites (N-methyl/N-ethyl adjacent to an activating group) is 1. The van der Waals surface area contributed by atoms with Gasteiger partial charge >= 0.3 is 0 Å². The summed E-state index contributed by atoms with van der Waals surface area (Å²) in [6, 6.07) is 8.48. The van der Waals surface area contributed by atoms with Crippen molar-refractivity contribution in [3.63, 3.8) is 0 Å². The number of guanidine groups is 1. The molecule has 0 aromatic heterocycles. The van der Waals surface area contributed by atoms with Gasteiger partial charge in [0.1, 0.15) is 12.4 Å². The van der Waals surface area contributed by atoms with E-state index in [1.807, 2.05) is 24.3 Å². The van der Waals surface area contributed by atoms with Crippen LogP contribution in [-0.2, 0) is 11.3 Å². The van der Waals surface area contributed by atoms with E-state index in [2.05, 4.69) is 22.1 Å². The molecule has 3 N–H and O–H groups in total. The highest BCUT2D eigenvalue weighted by atomic mass is 127. The first-order valence-electron chi connectivity index (χ1n) is 8.71. The topological polar surface area (TPSA) is 72.1 Å². The van der Waals surface area contributed by atoms with Crippen LogP contribution in [0.1, 0.15) is 25.3 Å². The Labute approximate surface area is 168 Å². The van der Waals surface area contributed by atoms with E-state index in [1.54, 1.807) is 7.11 Å². The Morgan fingerprint density at radius 1 is 1.40 bits per heavy atom. The van der Waals surface area contributed by atoms with Crippen LogP contribution in [0.5, 0.6) is 5.75 Å². The van der Waals surface area contributed by atoms with Crippen LogP contribution in [-0.4, -0.2) is 56.9 Å². The molecule has 1 aliphatic heterocycles. The summed E-state index contributed by atoms with van der Waals surface area (Å²) in [5, 5.41) is 3.25. The summed E-state index contributed by atoms with van der Waals surface area (Å²) in [5.41, 5.74) is 7.07. The highest BCUT2D eigenvalue weighted by Gasteiger charge is 2.22. The molecule has 6 nitrogen and oxygen atoms in total. The predicted molar refractivity (Wildman–Crippen MR) is 113 cm³/mol. The molecule has 1 fully saturated rings. The molecule has 1 aliphatic rings. The Balaban J connectivity index is 0.00000312. The molecule has 0 bridgehead atoms. The molecule has 0 aliphatic carbocycles. The average Bonchev–Trinajstić information content (AvgIpc) is 3.06. The summed E-state index contributed by atoms with van der Waals surface area (Å²) in [7, 11) is 1.66. The summed E-state index contributed by atoms with van der Waals surface area (Å²) in [6.07, 6.45) is 2.50. The van der Waals surface area contributed by atoms with Crippen LogP contribution in [0.2, 0.25) is 0 Å². The number of ether oxygens (including phenoxy) is 2. The van der Waals surface area contributed by atoms with Gasteiger partial charge in [-0.3, -0.25) is 4.90 Å². The van der Waals surface area contributed by atoms with E-state index >= 15 is 0 Å². The molecule has 25 heavy (non-hydrogen) atoms. The van der Waals surface area contributed by atoms with Gasteiger partial charge in [-0.2, -0.15) is 0 Å². The van der Waals surface area contributed by atoms with E-state index in [0.29, 0.717) is 31.8 Å². The van der Waals surface area contributed by atoms with Crippen molar-refractivity contribution in [3.8, 4) is 5.75 Å². The lowest BCUT2D eigenvalue weighted by Crippen LogP contribution is -2.42. The van der Waals surface area contributed by atoms with Crippen molar-refractivity contribution >= 4 is 29.9 Å². The van der Waals surface area contributed by atoms with Crippen LogP contribution in [0, 0.1) is 0 Å². The van der Waals surface area contributed by atoms with Crippen molar-refractivity contribution in [2.24, 2.45) is 10.7 Å². The van der Waals surface area contributed by atoms with E-state index in [0.717, 1.165) is 24.4 Å². The van der Waals surface area contributed by atoms with Crippen molar-refractivity contribution in [1.82, 2.24) is 10.2 Å². The highest BCUT2D eigenvalue weighted by molar-refractivity contribution is 14.0. The largest absolute Gasteiger partial charge is 0.491 e. The zero-order valence-electron chi connectivity index (χ0n) is 15.2. The third-order valence-electron chi connectivity index (χ3n) is 4.31. The third kappa shape index (κ3) is 7.79. The first-order chi connectivity index (χ1) is 11.7. The third-order valence-corrected chi connectivity index (χ3v) is 4.31. The lowest BCUT2D eigenvalue weighted by Gasteiger charge is -2.23. The SMILES string of the molecule is CCN1CCCC1CNC(N)=NCc1cccc(OCCOC)c1.I. The number of methoxy groups -OCH3 is 1. The number of benzene rings is 1. The summed E-state index contributed by atoms with van der Waals surface area (Å²) in [6.45, 7) is 7.02. The fraction of sp³-hybridized carbons (Fsp3) is 0.611. The molecule has 2 rings (SSSR count). The van der Waals surface area contributed by atoms with Crippen LogP contribution in [0.15, 0.2) is 29.3 Å². The van der Waals surface area contributed by atoms with Crippen molar-refractivity contribution in [3.05, 3.63) is 29.8 Å². The molecule has 1 atom stereocenters. The highest BCUT2D eigenvalue weighted by Crippen LogP contribution is 2.16. The zero-order valence-corrected chi connectivity index (χ0v) is 17.6. The second kappa shape index (κ2) is 12.3. The van der Waals surface area contributed by atoms with Crippen LogP contribution < -0.4 is 15.8 Å². The number of nitrogens with two attached hydrogens (primary N) is 1. The molecule has 0 saturated carbocycles. The Bertz CT molecular complexity index is 528. The number of nitrogens with one attached hydrogen (secondary N) is 1. The van der Waals surface area contributed by atoms with Crippen LogP contribution in [0.3, 0.4) is 0 Å². The molecule has 1 aromatic rings. The summed E-state index contributed by atoms with van der Waals surface area (Å²) in [5.74, 6) is 1.33. The molecule has 1 heterocycles. The van der Waals surface area contributed by atoms with Gasteiger partial charge in [-0.25, -0.2) is 4.99 Å². The molecule has 1 aromatic carbocycles. The maximum absolute atomic E-state index is 6.00. The smallest absolute Gasteiger partial charge is 0.188 e. The molecule has 1 saturated heterocycles. The van der Waals surface area contributed by atoms with Gasteiger partial charge in [-0.05, 0) is 43.6 Å². The zero-order chi connectivity index (χ0) is 17.2. The van der Waals surface area contributed by atoms with Crippen molar-refractivity contribution in [1.29, 1.82) is 0 Å². The van der Waals surface area contributed by atoms with Gasteiger partial charge in [0.15, 0.2) is 5.96 Å². The lowest BCUT2D eigenvalue weighted by molar-refractivity contribution is 0.146. The standard InChI is InChI=1S/C18H30N4O2.HI/c1-3-22-9-5-7-16(22)14-21-18(19)20-13-15-6-4-8-17(12-15)24-11-10-23-2;/h4,6,8,12,16H,3,5,7,9-11,13-14H2,1-2H3,(H3,19,20,21);1H. The first-order valence-corrected chi connectivity index (χ1v) is 8.71. The second-order valence-electron chi connectivity index (χ2n) is 6.00. The number of aliphatic imine (C=N–C) groups is 1. The van der Waals surface area contributed by atoms with E-state index in [-0.39, 0.29) is 24.0 Å². The minimum atomic E-state index is 0. The fourth-order valence-electron chi connectivity index (χ4n) is 2.97. The summed E-state index contributed by atoms with van der Waals surface area (Å²) in [4.78, 5) is 6.92. The van der Waals surface area contributed by atoms with E-state index in [9.17, 15) is 0 Å². The van der Waals surface area contributed by atoms with Gasteiger partial charge in [-0.1, -0.05) is 19.1 Å². The number of hydrogen-bond donors (Lipinski definition) is 2. The maximum atomic E-state index is 6.00. The minimum Gasteiger partial charge on any atom is -0.491 e. The first kappa shape index (κ1) is 22.0. The number of hydrogen-bond acceptors (Lipinski definition) is 4. The monoisotopic (exact) mass is 462 g/mol. The average molecular weight is 462 g/mol. The Morgan fingerprint density at radius 2 is 2.24 bits per heavy atom. The van der Waals surface area contributed by atoms with Crippen molar-refractivity contribution in [2.45, 2.75) is 32.4 Å². The molecular formula is C18H31IN4O2. The van der Waals surface area contributed by atoms with Gasteiger partial charge in [0.05, 0.1) is 13.2 Å². The van der Waals surface area contributed by atoms with Gasteiger partial charge in [-0.15, -0.1) is 24.0 Å². The van der Waals surface area contributed by atoms with Crippen LogP contribution in [0.25, 0.3) is 0 Å². The predicted octanol–water partition coefficient (Wildman–Crippen LogP) is 2.22. The van der Waals surface area contributed by atoms with E-state index in [1.165, 1.54) is 19.4 Å². The van der Waals surface area contributed by atoms with Crippen molar-refractivity contribution in [2.75, 3.05) is 40.0 Å². The van der Waals surface area contributed by atoms with Crippen molar-refractivity contribution < 1.29 is 9.47 Å². The number of halogens is 1. The minimum absolute atomic E-state index is 0. The van der Waals surface area contributed by atoms with Crippen LogP contribution >= 0.6 is 24.0 Å². The molecule has 7 heteroatoms. The molecular weight excluding hydrogens is 431 g/mol. The van der Waals surface area contributed by atoms with Gasteiger partial charge in [0.2, 0.25) is 0 Å². The molecule has 0 spiro atoms. The maximum Gasteiger partial charge on any atom is 0.188 e. The molecule has 1 unspecified atom stereocenters. The summed E-state index contributed by atoms with van der Waals surface area (Å²) >= 11 is 0. The summed E-state index contributed by atoms with van der Waals surface area (Å²) < 4.78 is 10.6. The number of nitrogens with zero attached hydrogens (tertiary/aromatic N) is 2. The Morgan fingerprint density at radius 3 is 3.00 bits per heavy atom. The number of rotatable bonds is 9. The molecule has 0 radical (unpaired) electrons. The van der Waals surface area contributed by atoms with Crippen LogP contribution in [0.4, 0.5) is 0 Å². The number of likely N-dealkylation sites (tertiary alicyclic amines) is 1. The quantitative estimate of drug-likeness (QED) is 0.255. The van der Waals surface area contributed by atoms with E-state index in [4.69, 9.17) is 15.2 Å².